The van der Waals surface area contributed by atoms with Crippen molar-refractivity contribution in [1.82, 2.24) is 15.2 Å². The largest absolute Gasteiger partial charge is 0.446 e. The van der Waals surface area contributed by atoms with E-state index in [1.165, 1.54) is 47.8 Å². The van der Waals surface area contributed by atoms with Gasteiger partial charge in [-0.3, -0.25) is 15.1 Å². The molecule has 138 valence electrons. The summed E-state index contributed by atoms with van der Waals surface area (Å²) >= 11 is 0.997. The highest BCUT2D eigenvalue weighted by molar-refractivity contribution is 8.00. The minimum Gasteiger partial charge on any atom is -0.297 e. The number of rotatable bonds is 5. The van der Waals surface area contributed by atoms with Crippen LogP contribution >= 0.6 is 23.1 Å². The molecule has 10 heteroatoms. The monoisotopic (exact) mass is 408 g/mol. The molecule has 0 spiro atoms. The molecule has 0 unspecified atom stereocenters. The van der Waals surface area contributed by atoms with Gasteiger partial charge in [-0.1, -0.05) is 29.5 Å². The van der Waals surface area contributed by atoms with Crippen molar-refractivity contribution in [2.75, 3.05) is 5.32 Å². The zero-order valence-electron chi connectivity index (χ0n) is 13.5. The molecule has 2 heterocycles. The van der Waals surface area contributed by atoms with Crippen LogP contribution in [0.1, 0.15) is 5.56 Å². The van der Waals surface area contributed by atoms with E-state index in [9.17, 15) is 18.0 Å². The summed E-state index contributed by atoms with van der Waals surface area (Å²) in [5.74, 6) is -0.424. The Morgan fingerprint density at radius 2 is 1.89 bits per heavy atom. The first kappa shape index (κ1) is 19.1. The third-order valence-electron chi connectivity index (χ3n) is 3.08. The fraction of sp³-hybridized carbons (Fsp3) is 0.0588. The van der Waals surface area contributed by atoms with Crippen LogP contribution in [-0.4, -0.2) is 26.6 Å². The van der Waals surface area contributed by atoms with E-state index in [1.54, 1.807) is 18.3 Å². The van der Waals surface area contributed by atoms with Crippen molar-refractivity contribution < 1.29 is 18.0 Å². The second kappa shape index (κ2) is 8.31. The number of halogens is 3. The Morgan fingerprint density at radius 1 is 1.11 bits per heavy atom. The van der Waals surface area contributed by atoms with Crippen molar-refractivity contribution in [2.24, 2.45) is 0 Å². The molecule has 0 bridgehead atoms. The maximum atomic E-state index is 12.3. The fourth-order valence-corrected chi connectivity index (χ4v) is 3.23. The van der Waals surface area contributed by atoms with Crippen molar-refractivity contribution in [3.8, 4) is 10.7 Å². The molecule has 1 N–H and O–H groups in total. The quantitative estimate of drug-likeness (QED) is 0.482. The summed E-state index contributed by atoms with van der Waals surface area (Å²) in [6.45, 7) is 0. The van der Waals surface area contributed by atoms with Gasteiger partial charge >= 0.3 is 5.51 Å². The number of aromatic nitrogens is 3. The second-order valence-corrected chi connectivity index (χ2v) is 7.18. The zero-order chi connectivity index (χ0) is 19.3. The molecule has 0 aliphatic heterocycles. The van der Waals surface area contributed by atoms with Crippen LogP contribution in [-0.2, 0) is 4.79 Å². The van der Waals surface area contributed by atoms with E-state index in [4.69, 9.17) is 0 Å². The molecule has 1 aromatic carbocycles. The minimum atomic E-state index is -4.33. The molecule has 3 rings (SSSR count). The van der Waals surface area contributed by atoms with Gasteiger partial charge in [0.1, 0.15) is 5.69 Å². The van der Waals surface area contributed by atoms with Crippen LogP contribution in [0.5, 0.6) is 0 Å². The average molecular weight is 408 g/mol. The van der Waals surface area contributed by atoms with Gasteiger partial charge in [-0.25, -0.2) is 0 Å². The zero-order valence-corrected chi connectivity index (χ0v) is 15.1. The van der Waals surface area contributed by atoms with E-state index in [0.29, 0.717) is 21.4 Å². The summed E-state index contributed by atoms with van der Waals surface area (Å²) < 4.78 is 36.9. The number of benzene rings is 1. The lowest BCUT2D eigenvalue weighted by Crippen LogP contribution is -2.07. The summed E-state index contributed by atoms with van der Waals surface area (Å²) in [5.41, 5.74) is -3.07. The molecule has 0 aliphatic carbocycles. The van der Waals surface area contributed by atoms with Crippen molar-refractivity contribution in [1.29, 1.82) is 0 Å². The van der Waals surface area contributed by atoms with Crippen LogP contribution < -0.4 is 5.32 Å². The number of carbonyl (C=O) groups is 1. The Bertz CT molecular complexity index is 941. The highest BCUT2D eigenvalue weighted by Crippen LogP contribution is 2.36. The Labute approximate surface area is 160 Å². The van der Waals surface area contributed by atoms with Gasteiger partial charge in [-0.15, -0.1) is 10.2 Å². The number of hydrogen-bond acceptors (Lipinski definition) is 6. The molecule has 0 radical (unpaired) electrons. The lowest BCUT2D eigenvalue weighted by Gasteiger charge is -2.05. The third kappa shape index (κ3) is 5.90. The number of amides is 1. The number of pyridine rings is 1. The number of anilines is 1. The Morgan fingerprint density at radius 3 is 2.56 bits per heavy atom. The molecule has 0 saturated heterocycles. The van der Waals surface area contributed by atoms with E-state index in [0.717, 1.165) is 0 Å². The Hall–Kier alpha value is -2.72. The number of carbonyl (C=O) groups excluding carboxylic acids is 1. The lowest BCUT2D eigenvalue weighted by molar-refractivity contribution is -0.111. The number of thioether (sulfide) groups is 1. The van der Waals surface area contributed by atoms with E-state index >= 15 is 0 Å². The van der Waals surface area contributed by atoms with Crippen molar-refractivity contribution in [3.05, 3.63) is 60.3 Å². The van der Waals surface area contributed by atoms with Gasteiger partial charge in [-0.05, 0) is 47.7 Å². The van der Waals surface area contributed by atoms with Gasteiger partial charge < -0.3 is 0 Å². The second-order valence-electron chi connectivity index (χ2n) is 5.07. The van der Waals surface area contributed by atoms with Gasteiger partial charge in [0.15, 0.2) is 5.01 Å². The first-order chi connectivity index (χ1) is 12.9. The maximum absolute atomic E-state index is 12.3. The topological polar surface area (TPSA) is 67.8 Å². The van der Waals surface area contributed by atoms with Crippen LogP contribution in [0.15, 0.2) is 59.6 Å². The number of nitrogens with one attached hydrogen (secondary N) is 1. The number of nitrogens with zero attached hydrogens (tertiary/aromatic N) is 3. The minimum absolute atomic E-state index is 0.0833. The van der Waals surface area contributed by atoms with Gasteiger partial charge in [0.2, 0.25) is 11.0 Å². The van der Waals surface area contributed by atoms with Crippen molar-refractivity contribution in [3.63, 3.8) is 0 Å². The fourth-order valence-electron chi connectivity index (χ4n) is 1.97. The predicted molar refractivity (Wildman–Crippen MR) is 99.2 cm³/mol. The predicted octanol–water partition coefficient (Wildman–Crippen LogP) is 4.86. The van der Waals surface area contributed by atoms with E-state index < -0.39 is 11.4 Å². The molecule has 3 aromatic rings. The summed E-state index contributed by atoms with van der Waals surface area (Å²) in [5, 5.41) is 11.3. The van der Waals surface area contributed by atoms with Crippen LogP contribution in [0.25, 0.3) is 16.8 Å². The van der Waals surface area contributed by atoms with Gasteiger partial charge in [0.05, 0.1) is 0 Å². The molecule has 2 aromatic heterocycles. The summed E-state index contributed by atoms with van der Waals surface area (Å²) in [4.78, 5) is 16.2. The molecule has 27 heavy (non-hydrogen) atoms. The molecule has 0 atom stereocenters. The van der Waals surface area contributed by atoms with Crippen molar-refractivity contribution >= 4 is 40.2 Å². The first-order valence-corrected chi connectivity index (χ1v) is 9.12. The van der Waals surface area contributed by atoms with Gasteiger partial charge in [0.25, 0.3) is 0 Å². The highest BCUT2D eigenvalue weighted by Gasteiger charge is 2.28. The summed E-state index contributed by atoms with van der Waals surface area (Å²) in [6.07, 6.45) is 4.40. The summed E-state index contributed by atoms with van der Waals surface area (Å²) in [7, 11) is 0. The molecular weight excluding hydrogens is 397 g/mol. The third-order valence-corrected chi connectivity index (χ3v) is 4.68. The van der Waals surface area contributed by atoms with Crippen molar-refractivity contribution in [2.45, 2.75) is 10.4 Å². The van der Waals surface area contributed by atoms with E-state index in [-0.39, 0.29) is 16.7 Å². The molecule has 0 aliphatic rings. The normalized spacial score (nSPS) is 11.7. The van der Waals surface area contributed by atoms with Crippen LogP contribution in [0.2, 0.25) is 0 Å². The summed E-state index contributed by atoms with van der Waals surface area (Å²) in [6, 6.07) is 11.1. The van der Waals surface area contributed by atoms with Crippen LogP contribution in [0, 0.1) is 0 Å². The maximum Gasteiger partial charge on any atom is 0.446 e. The smallest absolute Gasteiger partial charge is 0.297 e. The molecule has 1 amide bonds. The molecule has 0 saturated carbocycles. The van der Waals surface area contributed by atoms with E-state index in [2.05, 4.69) is 20.5 Å². The van der Waals surface area contributed by atoms with Gasteiger partial charge in [-0.2, -0.15) is 13.2 Å². The lowest BCUT2D eigenvalue weighted by atomic mass is 10.2. The highest BCUT2D eigenvalue weighted by atomic mass is 32.2. The number of alkyl halides is 3. The first-order valence-electron chi connectivity index (χ1n) is 7.49. The van der Waals surface area contributed by atoms with Crippen LogP contribution in [0.3, 0.4) is 0 Å². The SMILES string of the molecule is O=C(/C=C/c1ccc(SC(F)(F)F)cc1)Nc1nnc(-c2ccccn2)s1. The van der Waals surface area contributed by atoms with Gasteiger partial charge in [0, 0.05) is 17.2 Å². The molecular formula is C17H11F3N4OS2. The standard InChI is InChI=1S/C17H11F3N4OS2/c18-17(19,20)27-12-7-4-11(5-8-12)6-9-14(25)22-16-24-23-15(26-16)13-3-1-2-10-21-13/h1-10H,(H,22,24,25)/b9-6+. The van der Waals surface area contributed by atoms with E-state index in [1.807, 2.05) is 6.07 Å². The molecule has 0 fully saturated rings. The molecule has 5 nitrogen and oxygen atoms in total. The van der Waals surface area contributed by atoms with Crippen LogP contribution in [0.4, 0.5) is 18.3 Å². The number of hydrogen-bond donors (Lipinski definition) is 1. The average Bonchev–Trinajstić information content (AvgIpc) is 3.09. The Balaban J connectivity index is 1.58. The Kier molecular flexibility index (Phi) is 5.87.